The van der Waals surface area contributed by atoms with E-state index < -0.39 is 0 Å². The van der Waals surface area contributed by atoms with E-state index in [0.717, 1.165) is 31.7 Å². The molecule has 20 heavy (non-hydrogen) atoms. The summed E-state index contributed by atoms with van der Waals surface area (Å²) in [7, 11) is 0. The van der Waals surface area contributed by atoms with Crippen molar-refractivity contribution in [2.75, 3.05) is 13.1 Å². The molecule has 0 bridgehead atoms. The minimum absolute atomic E-state index is 0.237. The fraction of sp³-hybridized carbons (Fsp3) is 0.562. The summed E-state index contributed by atoms with van der Waals surface area (Å²) in [6.07, 6.45) is 2.00. The number of hydrogen-bond donors (Lipinski definition) is 1. The largest absolute Gasteiger partial charge is 0.488 e. The summed E-state index contributed by atoms with van der Waals surface area (Å²) in [5.41, 5.74) is 8.23. The zero-order valence-corrected chi connectivity index (χ0v) is 13.4. The van der Waals surface area contributed by atoms with Gasteiger partial charge in [0, 0.05) is 32.0 Å². The maximum Gasteiger partial charge on any atom is 0.123 e. The van der Waals surface area contributed by atoms with Crippen LogP contribution < -0.4 is 10.5 Å². The molecule has 3 nitrogen and oxygen atoms in total. The van der Waals surface area contributed by atoms with Crippen LogP contribution in [0.15, 0.2) is 18.2 Å². The molecule has 0 radical (unpaired) electrons. The van der Waals surface area contributed by atoms with Crippen molar-refractivity contribution < 1.29 is 4.74 Å². The molecule has 2 rings (SSSR count). The van der Waals surface area contributed by atoms with E-state index in [1.54, 1.807) is 0 Å². The van der Waals surface area contributed by atoms with E-state index in [-0.39, 0.29) is 6.10 Å². The average molecular weight is 292 g/mol. The van der Waals surface area contributed by atoms with Gasteiger partial charge in [0.15, 0.2) is 0 Å². The van der Waals surface area contributed by atoms with Crippen molar-refractivity contribution in [2.24, 2.45) is 5.73 Å². The van der Waals surface area contributed by atoms with Crippen LogP contribution in [0.4, 0.5) is 0 Å². The Hall–Kier alpha value is -1.13. The molecule has 0 fully saturated rings. The second kappa shape index (κ2) is 6.55. The fourth-order valence-corrected chi connectivity index (χ4v) is 2.72. The van der Waals surface area contributed by atoms with E-state index in [4.69, 9.17) is 22.7 Å². The Balaban J connectivity index is 1.94. The van der Waals surface area contributed by atoms with Crippen LogP contribution in [0.1, 0.15) is 31.4 Å². The molecular formula is C16H24N2OS. The Morgan fingerprint density at radius 3 is 2.90 bits per heavy atom. The normalized spacial score (nSPS) is 17.4. The van der Waals surface area contributed by atoms with Crippen LogP contribution >= 0.6 is 12.2 Å². The zero-order valence-electron chi connectivity index (χ0n) is 12.6. The number of hydrogen-bond acceptors (Lipinski definition) is 3. The molecule has 1 aliphatic heterocycles. The third-order valence-electron chi connectivity index (χ3n) is 3.77. The molecule has 0 aliphatic carbocycles. The topological polar surface area (TPSA) is 38.5 Å². The van der Waals surface area contributed by atoms with Crippen molar-refractivity contribution in [3.63, 3.8) is 0 Å². The summed E-state index contributed by atoms with van der Waals surface area (Å²) in [6.45, 7) is 8.35. The average Bonchev–Trinajstić information content (AvgIpc) is 2.75. The lowest BCUT2D eigenvalue weighted by Gasteiger charge is -2.28. The van der Waals surface area contributed by atoms with Crippen LogP contribution in [0.25, 0.3) is 0 Å². The molecule has 1 aromatic carbocycles. The predicted molar refractivity (Wildman–Crippen MR) is 87.4 cm³/mol. The van der Waals surface area contributed by atoms with Gasteiger partial charge in [-0.1, -0.05) is 29.9 Å². The van der Waals surface area contributed by atoms with E-state index in [2.05, 4.69) is 43.9 Å². The quantitative estimate of drug-likeness (QED) is 0.818. The molecule has 0 spiro atoms. The van der Waals surface area contributed by atoms with Gasteiger partial charge in [0.05, 0.1) is 4.99 Å². The van der Waals surface area contributed by atoms with Crippen molar-refractivity contribution in [3.8, 4) is 5.75 Å². The summed E-state index contributed by atoms with van der Waals surface area (Å²) in [6, 6.07) is 6.89. The minimum Gasteiger partial charge on any atom is -0.488 e. The molecule has 1 aliphatic rings. The monoisotopic (exact) mass is 292 g/mol. The fourth-order valence-electron chi connectivity index (χ4n) is 2.63. The van der Waals surface area contributed by atoms with Gasteiger partial charge in [-0.05, 0) is 32.4 Å². The van der Waals surface area contributed by atoms with Crippen molar-refractivity contribution in [2.45, 2.75) is 45.8 Å². The Labute approximate surface area is 127 Å². The second-order valence-corrected chi connectivity index (χ2v) is 6.38. The molecular weight excluding hydrogens is 268 g/mol. The lowest BCUT2D eigenvalue weighted by Crippen LogP contribution is -2.40. The highest BCUT2D eigenvalue weighted by Crippen LogP contribution is 2.30. The maximum atomic E-state index is 6.04. The first-order valence-corrected chi connectivity index (χ1v) is 7.65. The molecule has 1 unspecified atom stereocenters. The molecule has 2 N–H and O–H groups in total. The van der Waals surface area contributed by atoms with Crippen LogP contribution in [0.5, 0.6) is 5.75 Å². The smallest absolute Gasteiger partial charge is 0.123 e. The van der Waals surface area contributed by atoms with Gasteiger partial charge in [-0.15, -0.1) is 0 Å². The van der Waals surface area contributed by atoms with Crippen molar-refractivity contribution in [1.82, 2.24) is 4.90 Å². The van der Waals surface area contributed by atoms with Gasteiger partial charge < -0.3 is 10.5 Å². The van der Waals surface area contributed by atoms with Gasteiger partial charge in [0.2, 0.25) is 0 Å². The highest BCUT2D eigenvalue weighted by molar-refractivity contribution is 7.80. The molecule has 1 heterocycles. The molecule has 1 aromatic rings. The standard InChI is InChI=1S/C16H24N2OS/c1-11(2)18(7-6-16(17)20)10-14-9-13-8-12(3)4-5-15(13)19-14/h4-5,8,11,14H,6-7,9-10H2,1-3H3,(H2,17,20). The Morgan fingerprint density at radius 1 is 1.50 bits per heavy atom. The highest BCUT2D eigenvalue weighted by Gasteiger charge is 2.25. The SMILES string of the molecule is Cc1ccc2c(c1)CC(CN(CCC(N)=S)C(C)C)O2. The summed E-state index contributed by atoms with van der Waals surface area (Å²) < 4.78 is 6.04. The van der Waals surface area contributed by atoms with E-state index in [9.17, 15) is 0 Å². The van der Waals surface area contributed by atoms with E-state index in [1.807, 2.05) is 0 Å². The van der Waals surface area contributed by atoms with Gasteiger partial charge in [-0.25, -0.2) is 0 Å². The third-order valence-corrected chi connectivity index (χ3v) is 3.98. The van der Waals surface area contributed by atoms with Crippen molar-refractivity contribution >= 4 is 17.2 Å². The third kappa shape index (κ3) is 3.93. The molecule has 1 atom stereocenters. The van der Waals surface area contributed by atoms with Crippen molar-refractivity contribution in [3.05, 3.63) is 29.3 Å². The summed E-state index contributed by atoms with van der Waals surface area (Å²) in [5.74, 6) is 1.04. The predicted octanol–water partition coefficient (Wildman–Crippen LogP) is 2.69. The number of ether oxygens (including phenoxy) is 1. The number of nitrogens with zero attached hydrogens (tertiary/aromatic N) is 1. The number of nitrogens with two attached hydrogens (primary N) is 1. The lowest BCUT2D eigenvalue weighted by molar-refractivity contribution is 0.130. The first kappa shape index (κ1) is 15.3. The lowest BCUT2D eigenvalue weighted by atomic mass is 10.1. The van der Waals surface area contributed by atoms with Gasteiger partial charge in [0.1, 0.15) is 11.9 Å². The van der Waals surface area contributed by atoms with Crippen LogP contribution in [0, 0.1) is 6.92 Å². The Kier molecular flexibility index (Phi) is 5.00. The number of aryl methyl sites for hydroxylation is 1. The molecule has 4 heteroatoms. The van der Waals surface area contributed by atoms with Crippen LogP contribution in [0.2, 0.25) is 0 Å². The van der Waals surface area contributed by atoms with Crippen LogP contribution in [0.3, 0.4) is 0 Å². The summed E-state index contributed by atoms with van der Waals surface area (Å²) >= 11 is 4.97. The Bertz CT molecular complexity index is 487. The van der Waals surface area contributed by atoms with E-state index in [1.165, 1.54) is 11.1 Å². The number of rotatable bonds is 6. The number of thiocarbonyl (C=S) groups is 1. The second-order valence-electron chi connectivity index (χ2n) is 5.86. The van der Waals surface area contributed by atoms with Gasteiger partial charge >= 0.3 is 0 Å². The zero-order chi connectivity index (χ0) is 14.7. The van der Waals surface area contributed by atoms with Crippen LogP contribution in [-0.2, 0) is 6.42 Å². The Morgan fingerprint density at radius 2 is 2.25 bits per heavy atom. The van der Waals surface area contributed by atoms with E-state index in [0.29, 0.717) is 11.0 Å². The first-order valence-electron chi connectivity index (χ1n) is 7.24. The number of fused-ring (bicyclic) bond motifs is 1. The highest BCUT2D eigenvalue weighted by atomic mass is 32.1. The summed E-state index contributed by atoms with van der Waals surface area (Å²) in [5, 5.41) is 0. The molecule has 0 amide bonds. The minimum atomic E-state index is 0.237. The molecule has 110 valence electrons. The van der Waals surface area contributed by atoms with E-state index >= 15 is 0 Å². The molecule has 0 saturated carbocycles. The molecule has 0 saturated heterocycles. The van der Waals surface area contributed by atoms with Gasteiger partial charge in [0.25, 0.3) is 0 Å². The van der Waals surface area contributed by atoms with Gasteiger partial charge in [-0.3, -0.25) is 4.90 Å². The maximum absolute atomic E-state index is 6.04. The first-order chi connectivity index (χ1) is 9.45. The molecule has 0 aromatic heterocycles. The van der Waals surface area contributed by atoms with Gasteiger partial charge in [-0.2, -0.15) is 0 Å². The number of benzene rings is 1. The van der Waals surface area contributed by atoms with Crippen molar-refractivity contribution in [1.29, 1.82) is 0 Å². The summed E-state index contributed by atoms with van der Waals surface area (Å²) in [4.78, 5) is 2.98. The van der Waals surface area contributed by atoms with Crippen LogP contribution in [-0.4, -0.2) is 35.1 Å².